The summed E-state index contributed by atoms with van der Waals surface area (Å²) in [6, 6.07) is 0. The molecule has 2 heteroatoms. The van der Waals surface area contributed by atoms with E-state index in [9.17, 15) is 0 Å². The maximum absolute atomic E-state index is 6.80. The number of hydrogen-bond acceptors (Lipinski definition) is 1. The van der Waals surface area contributed by atoms with Gasteiger partial charge in [0.15, 0.2) is 0 Å². The van der Waals surface area contributed by atoms with Crippen molar-refractivity contribution in [3.05, 3.63) is 17.8 Å². The van der Waals surface area contributed by atoms with Gasteiger partial charge in [-0.15, -0.1) is 0 Å². The molecule has 1 N–H and O–H groups in total. The molecule has 0 rings (SSSR count). The standard InChI is InChI=1S/C6H10BN/c1-3-5-6(4-2)7-8/h8H,2-3,5H2,1H3. The van der Waals surface area contributed by atoms with Crippen molar-refractivity contribution in [1.82, 2.24) is 0 Å². The molecule has 0 aliphatic rings. The van der Waals surface area contributed by atoms with Crippen LogP contribution in [-0.2, 0) is 0 Å². The van der Waals surface area contributed by atoms with Gasteiger partial charge in [0.05, 0.1) is 0 Å². The van der Waals surface area contributed by atoms with E-state index in [1.54, 1.807) is 0 Å². The first-order chi connectivity index (χ1) is 3.85. The molecule has 0 aromatic rings. The number of hydrogen-bond donors (Lipinski definition) is 1. The van der Waals surface area contributed by atoms with Crippen molar-refractivity contribution in [2.24, 2.45) is 0 Å². The molecule has 8 heavy (non-hydrogen) atoms. The molecule has 0 aromatic carbocycles. The van der Waals surface area contributed by atoms with Gasteiger partial charge >= 0.3 is 49.9 Å². The van der Waals surface area contributed by atoms with Crippen molar-refractivity contribution < 1.29 is 0 Å². The van der Waals surface area contributed by atoms with Crippen LogP contribution in [0.3, 0.4) is 0 Å². The van der Waals surface area contributed by atoms with Gasteiger partial charge in [0, 0.05) is 0 Å². The quantitative estimate of drug-likeness (QED) is 0.420. The van der Waals surface area contributed by atoms with Crippen molar-refractivity contribution in [2.75, 3.05) is 0 Å². The minimum absolute atomic E-state index is 0.896. The predicted molar refractivity (Wildman–Crippen MR) is 36.0 cm³/mol. The summed E-state index contributed by atoms with van der Waals surface area (Å²) in [7, 11) is 1.30. The molecule has 0 bridgehead atoms. The van der Waals surface area contributed by atoms with Gasteiger partial charge in [0.1, 0.15) is 0 Å². The normalized spacial score (nSPS) is 7.12. The Balaban J connectivity index is 3.72. The number of allylic oxidation sites excluding steroid dienone is 1. The zero-order valence-electron chi connectivity index (χ0n) is 5.20. The van der Waals surface area contributed by atoms with Crippen LogP contribution in [0.2, 0.25) is 0 Å². The zero-order chi connectivity index (χ0) is 6.41. The van der Waals surface area contributed by atoms with Gasteiger partial charge in [-0.3, -0.25) is 0 Å². The van der Waals surface area contributed by atoms with E-state index < -0.39 is 0 Å². The van der Waals surface area contributed by atoms with Crippen molar-refractivity contribution >= 4 is 7.07 Å². The van der Waals surface area contributed by atoms with Crippen LogP contribution in [0.15, 0.2) is 17.8 Å². The van der Waals surface area contributed by atoms with E-state index in [-0.39, 0.29) is 0 Å². The van der Waals surface area contributed by atoms with Crippen molar-refractivity contribution in [1.29, 1.82) is 5.31 Å². The van der Waals surface area contributed by atoms with Crippen LogP contribution in [0.1, 0.15) is 19.8 Å². The summed E-state index contributed by atoms with van der Waals surface area (Å²) in [6.45, 7) is 5.51. The second-order valence-electron chi connectivity index (χ2n) is 1.60. The molecular formula is C6H10BN. The van der Waals surface area contributed by atoms with Gasteiger partial charge in [-0.2, -0.15) is 0 Å². The van der Waals surface area contributed by atoms with Crippen LogP contribution in [0.5, 0.6) is 0 Å². The summed E-state index contributed by atoms with van der Waals surface area (Å²) >= 11 is 0. The Morgan fingerprint density at radius 2 is 2.50 bits per heavy atom. The van der Waals surface area contributed by atoms with Crippen LogP contribution >= 0.6 is 0 Å². The van der Waals surface area contributed by atoms with Crippen LogP contribution in [0, 0.1) is 5.31 Å². The van der Waals surface area contributed by atoms with Gasteiger partial charge in [0.25, 0.3) is 0 Å². The molecule has 0 aromatic heterocycles. The molecule has 0 aliphatic carbocycles. The Bertz CT molecular complexity index is 122. The zero-order valence-corrected chi connectivity index (χ0v) is 5.20. The molecule has 0 amide bonds. The molecule has 0 spiro atoms. The van der Waals surface area contributed by atoms with Crippen molar-refractivity contribution in [2.45, 2.75) is 19.8 Å². The summed E-state index contributed by atoms with van der Waals surface area (Å²) in [5.74, 6) is 0. The van der Waals surface area contributed by atoms with E-state index in [0.29, 0.717) is 0 Å². The summed E-state index contributed by atoms with van der Waals surface area (Å²) in [6.07, 6.45) is 1.99. The maximum atomic E-state index is 6.80. The van der Waals surface area contributed by atoms with E-state index in [2.05, 4.69) is 19.2 Å². The molecule has 0 saturated carbocycles. The predicted octanol–water partition coefficient (Wildman–Crippen LogP) is 1.92. The Morgan fingerprint density at radius 1 is 1.88 bits per heavy atom. The molecule has 0 fully saturated rings. The van der Waals surface area contributed by atoms with Crippen molar-refractivity contribution in [3.63, 3.8) is 0 Å². The molecular weight excluding hydrogens is 96.9 g/mol. The monoisotopic (exact) mass is 107 g/mol. The van der Waals surface area contributed by atoms with Crippen LogP contribution in [0.25, 0.3) is 0 Å². The van der Waals surface area contributed by atoms with Crippen molar-refractivity contribution in [3.8, 4) is 0 Å². The fourth-order valence-corrected chi connectivity index (χ4v) is 0.481. The molecule has 1 nitrogen and oxygen atoms in total. The first-order valence-corrected chi connectivity index (χ1v) is 2.74. The van der Waals surface area contributed by atoms with Gasteiger partial charge < -0.3 is 0 Å². The first kappa shape index (κ1) is 7.38. The molecule has 0 unspecified atom stereocenters. The van der Waals surface area contributed by atoms with E-state index in [1.165, 1.54) is 7.07 Å². The van der Waals surface area contributed by atoms with E-state index in [1.807, 2.05) is 0 Å². The number of rotatable bonds is 3. The summed E-state index contributed by atoms with van der Waals surface area (Å²) in [5, 5.41) is 6.80. The first-order valence-electron chi connectivity index (χ1n) is 2.74. The Morgan fingerprint density at radius 3 is 2.62 bits per heavy atom. The molecule has 42 valence electrons. The second-order valence-corrected chi connectivity index (χ2v) is 1.60. The Labute approximate surface area is 50.9 Å². The SMILES string of the molecule is C=C=C(B=N)CCC. The van der Waals surface area contributed by atoms with Gasteiger partial charge in [-0.1, -0.05) is 0 Å². The molecule has 0 heterocycles. The molecule has 0 saturated heterocycles. The third-order valence-corrected chi connectivity index (χ3v) is 0.921. The van der Waals surface area contributed by atoms with E-state index in [0.717, 1.165) is 18.3 Å². The molecule has 0 aliphatic heterocycles. The Kier molecular flexibility index (Phi) is 4.19. The third kappa shape index (κ3) is 2.54. The topological polar surface area (TPSA) is 23.9 Å². The van der Waals surface area contributed by atoms with E-state index in [4.69, 9.17) is 5.31 Å². The molecule has 0 radical (unpaired) electrons. The second kappa shape index (κ2) is 4.54. The van der Waals surface area contributed by atoms with Gasteiger partial charge in [-0.05, 0) is 0 Å². The minimum atomic E-state index is 0.896. The van der Waals surface area contributed by atoms with Crippen LogP contribution in [0.4, 0.5) is 0 Å². The average molecular weight is 107 g/mol. The van der Waals surface area contributed by atoms with E-state index >= 15 is 0 Å². The summed E-state index contributed by atoms with van der Waals surface area (Å²) in [4.78, 5) is 0. The average Bonchev–Trinajstić information content (AvgIpc) is 1.83. The summed E-state index contributed by atoms with van der Waals surface area (Å²) in [5.41, 5.74) is 3.57. The number of nitrogens with one attached hydrogen (secondary N) is 1. The third-order valence-electron chi connectivity index (χ3n) is 0.921. The molecule has 0 atom stereocenters. The fourth-order valence-electron chi connectivity index (χ4n) is 0.481. The van der Waals surface area contributed by atoms with Crippen LogP contribution < -0.4 is 0 Å². The Hall–Kier alpha value is -0.615. The summed E-state index contributed by atoms with van der Waals surface area (Å²) < 4.78 is 0. The fraction of sp³-hybridized carbons (Fsp3) is 0.500. The van der Waals surface area contributed by atoms with Crippen LogP contribution in [-0.4, -0.2) is 7.07 Å². The van der Waals surface area contributed by atoms with Gasteiger partial charge in [0.2, 0.25) is 0 Å². The van der Waals surface area contributed by atoms with Gasteiger partial charge in [-0.25, -0.2) is 0 Å².